The average molecular weight is 300 g/mol. The Morgan fingerprint density at radius 3 is 2.67 bits per heavy atom. The maximum absolute atomic E-state index is 10.4. The van der Waals surface area contributed by atoms with E-state index in [0.29, 0.717) is 0 Å². The number of rotatable bonds is 4. The molecule has 3 rings (SSSR count). The first-order chi connectivity index (χ1) is 10.1. The number of aryl methyl sites for hydroxylation is 1. The van der Waals surface area contributed by atoms with Crippen molar-refractivity contribution in [3.63, 3.8) is 0 Å². The van der Waals surface area contributed by atoms with Crippen molar-refractivity contribution >= 4 is 13.9 Å². The Morgan fingerprint density at radius 2 is 1.95 bits per heavy atom. The molecule has 0 aliphatic heterocycles. The van der Waals surface area contributed by atoms with Gasteiger partial charge in [0.15, 0.2) is 0 Å². The highest BCUT2D eigenvalue weighted by Gasteiger charge is 2.06. The molecule has 0 aliphatic rings. The number of nitrogens with zero attached hydrogens (tertiary/aromatic N) is 2. The lowest BCUT2D eigenvalue weighted by Gasteiger charge is -1.99. The normalized spacial score (nSPS) is 11.8. The maximum Gasteiger partial charge on any atom is 0.488 e. The van der Waals surface area contributed by atoms with E-state index >= 15 is 0 Å². The van der Waals surface area contributed by atoms with Gasteiger partial charge in [0.2, 0.25) is 0 Å². The second-order valence-electron chi connectivity index (χ2n) is 4.79. The Hall–Kier alpha value is -2.07. The molecule has 106 valence electrons. The average Bonchev–Trinajstić information content (AvgIpc) is 2.88. The zero-order chi connectivity index (χ0) is 14.8. The predicted octanol–water partition coefficient (Wildman–Crippen LogP) is 2.84. The Kier molecular flexibility index (Phi) is 3.80. The highest BCUT2D eigenvalue weighted by atomic mass is 31.1. The smallest absolute Gasteiger partial charge is 0.488 e. The van der Waals surface area contributed by atoms with Crippen molar-refractivity contribution in [3.8, 4) is 11.3 Å². The minimum atomic E-state index is -2.81. The van der Waals surface area contributed by atoms with Gasteiger partial charge in [0.05, 0.1) is 5.69 Å². The summed E-state index contributed by atoms with van der Waals surface area (Å²) in [6.07, 6.45) is 4.00. The van der Waals surface area contributed by atoms with Crippen LogP contribution < -0.4 is 4.89 Å². The zero-order valence-corrected chi connectivity index (χ0v) is 12.3. The van der Waals surface area contributed by atoms with Crippen LogP contribution in [0.25, 0.3) is 16.9 Å². The first-order valence-electron chi connectivity index (χ1n) is 6.44. The Bertz CT molecular complexity index is 796. The predicted molar refractivity (Wildman–Crippen MR) is 77.8 cm³/mol. The summed E-state index contributed by atoms with van der Waals surface area (Å²) < 4.78 is 16.9. The van der Waals surface area contributed by atoms with E-state index in [0.717, 1.165) is 22.5 Å². The topological polar surface area (TPSA) is 66.7 Å². The molecule has 3 aromatic rings. The van der Waals surface area contributed by atoms with E-state index < -0.39 is 8.25 Å². The van der Waals surface area contributed by atoms with Gasteiger partial charge in [-0.1, -0.05) is 30.3 Å². The molecule has 0 N–H and O–H groups in total. The molecule has 1 aromatic carbocycles. The summed E-state index contributed by atoms with van der Waals surface area (Å²) in [5.41, 5.74) is 4.73. The molecule has 0 bridgehead atoms. The number of pyridine rings is 1. The molecule has 1 atom stereocenters. The summed E-state index contributed by atoms with van der Waals surface area (Å²) in [6.45, 7) is 2.10. The van der Waals surface area contributed by atoms with Crippen LogP contribution in [0.2, 0.25) is 0 Å². The second-order valence-corrected chi connectivity index (χ2v) is 5.50. The van der Waals surface area contributed by atoms with E-state index in [2.05, 4.69) is 9.51 Å². The lowest BCUT2D eigenvalue weighted by atomic mass is 10.1. The summed E-state index contributed by atoms with van der Waals surface area (Å²) in [6, 6.07) is 11.5. The maximum atomic E-state index is 10.4. The lowest BCUT2D eigenvalue weighted by Crippen LogP contribution is -1.92. The van der Waals surface area contributed by atoms with E-state index in [4.69, 9.17) is 0 Å². The van der Waals surface area contributed by atoms with Crippen LogP contribution in [0.15, 0.2) is 48.8 Å². The minimum Gasteiger partial charge on any atom is -0.566 e. The fourth-order valence-electron chi connectivity index (χ4n) is 2.14. The van der Waals surface area contributed by atoms with Gasteiger partial charge in [0.25, 0.3) is 0 Å². The van der Waals surface area contributed by atoms with Gasteiger partial charge in [-0.15, -0.1) is 4.52 Å². The van der Waals surface area contributed by atoms with Gasteiger partial charge in [-0.3, -0.25) is 0 Å². The molecule has 0 amide bonds. The van der Waals surface area contributed by atoms with E-state index in [1.165, 1.54) is 5.56 Å². The molecule has 0 fully saturated rings. The molecular weight excluding hydrogens is 287 g/mol. The van der Waals surface area contributed by atoms with E-state index in [9.17, 15) is 9.46 Å². The summed E-state index contributed by atoms with van der Waals surface area (Å²) in [5, 5.41) is 0. The van der Waals surface area contributed by atoms with Crippen LogP contribution in [0.3, 0.4) is 0 Å². The van der Waals surface area contributed by atoms with E-state index in [-0.39, 0.29) is 6.61 Å². The van der Waals surface area contributed by atoms with Gasteiger partial charge < -0.3 is 9.29 Å². The monoisotopic (exact) mass is 300 g/mol. The molecule has 0 saturated heterocycles. The fraction of sp³-hybridized carbons (Fsp3) is 0.133. The van der Waals surface area contributed by atoms with Crippen molar-refractivity contribution in [1.29, 1.82) is 0 Å². The number of aromatic nitrogens is 2. The van der Waals surface area contributed by atoms with Crippen molar-refractivity contribution in [2.45, 2.75) is 13.5 Å². The first-order valence-corrected chi connectivity index (χ1v) is 7.53. The number of hydrogen-bond donors (Lipinski definition) is 0. The fourth-order valence-corrected chi connectivity index (χ4v) is 2.40. The molecule has 2 aromatic heterocycles. The molecule has 1 unspecified atom stereocenters. The van der Waals surface area contributed by atoms with Crippen molar-refractivity contribution < 1.29 is 14.0 Å². The highest BCUT2D eigenvalue weighted by molar-refractivity contribution is 7.30. The quantitative estimate of drug-likeness (QED) is 0.695. The van der Waals surface area contributed by atoms with E-state index in [1.54, 1.807) is 0 Å². The molecule has 0 aliphatic carbocycles. The van der Waals surface area contributed by atoms with Gasteiger partial charge in [0, 0.05) is 18.0 Å². The van der Waals surface area contributed by atoms with Gasteiger partial charge >= 0.3 is 8.25 Å². The van der Waals surface area contributed by atoms with Crippen LogP contribution in [0.4, 0.5) is 0 Å². The van der Waals surface area contributed by atoms with Crippen LogP contribution >= 0.6 is 8.25 Å². The molecule has 0 saturated carbocycles. The Morgan fingerprint density at radius 1 is 1.19 bits per heavy atom. The molecule has 0 radical (unpaired) electrons. The van der Waals surface area contributed by atoms with Crippen molar-refractivity contribution in [2.24, 2.45) is 0 Å². The lowest BCUT2D eigenvalue weighted by molar-refractivity contribution is -0.186. The van der Waals surface area contributed by atoms with Crippen LogP contribution in [0, 0.1) is 6.92 Å². The van der Waals surface area contributed by atoms with Crippen LogP contribution in [-0.2, 0) is 15.7 Å². The zero-order valence-electron chi connectivity index (χ0n) is 11.4. The van der Waals surface area contributed by atoms with Gasteiger partial charge in [-0.25, -0.2) is 4.98 Å². The summed E-state index contributed by atoms with van der Waals surface area (Å²) in [7, 11) is -2.81. The van der Waals surface area contributed by atoms with Gasteiger partial charge in [0.1, 0.15) is 12.3 Å². The number of hydrogen-bond acceptors (Lipinski definition) is 4. The molecule has 0 spiro atoms. The van der Waals surface area contributed by atoms with Crippen LogP contribution in [-0.4, -0.2) is 9.38 Å². The molecule has 2 heterocycles. The molecule has 5 nitrogen and oxygen atoms in total. The summed E-state index contributed by atoms with van der Waals surface area (Å²) in [4.78, 5) is 15.0. The van der Waals surface area contributed by atoms with Gasteiger partial charge in [-0.05, 0) is 28.7 Å². The number of imidazole rings is 1. The third-order valence-electron chi connectivity index (χ3n) is 3.19. The SMILES string of the molecule is Cc1ccc2nc(-c3ccc(CO[P+](=O)[O-])cc3)cn2c1. The Labute approximate surface area is 122 Å². The highest BCUT2D eigenvalue weighted by Crippen LogP contribution is 2.21. The third-order valence-corrected chi connectivity index (χ3v) is 3.53. The van der Waals surface area contributed by atoms with Gasteiger partial charge in [-0.2, -0.15) is 0 Å². The standard InChI is InChI=1S/C15H13N2O3P/c1-11-2-7-15-16-14(9-17(15)8-11)13-5-3-12(4-6-13)10-20-21(18)19/h2-9H,10H2,1H3. The Balaban J connectivity index is 1.86. The van der Waals surface area contributed by atoms with Crippen LogP contribution in [0.5, 0.6) is 0 Å². The molecule has 21 heavy (non-hydrogen) atoms. The summed E-state index contributed by atoms with van der Waals surface area (Å²) in [5.74, 6) is 0. The van der Waals surface area contributed by atoms with Crippen LogP contribution in [0.1, 0.15) is 11.1 Å². The number of benzene rings is 1. The van der Waals surface area contributed by atoms with Crippen molar-refractivity contribution in [1.82, 2.24) is 9.38 Å². The van der Waals surface area contributed by atoms with E-state index in [1.807, 2.05) is 60.1 Å². The molecule has 6 heteroatoms. The van der Waals surface area contributed by atoms with Crippen molar-refractivity contribution in [2.75, 3.05) is 0 Å². The second kappa shape index (κ2) is 5.74. The third kappa shape index (κ3) is 3.16. The summed E-state index contributed by atoms with van der Waals surface area (Å²) >= 11 is 0. The number of fused-ring (bicyclic) bond motifs is 1. The first kappa shape index (κ1) is 13.9. The largest absolute Gasteiger partial charge is 0.566 e. The minimum absolute atomic E-state index is 0.0589. The molecular formula is C15H13N2O3P. The van der Waals surface area contributed by atoms with Crippen molar-refractivity contribution in [3.05, 3.63) is 59.9 Å².